The van der Waals surface area contributed by atoms with Gasteiger partial charge in [0, 0.05) is 17.9 Å². The lowest BCUT2D eigenvalue weighted by molar-refractivity contribution is 0.0604. The summed E-state index contributed by atoms with van der Waals surface area (Å²) in [5.74, 6) is -0.497. The number of carbonyl (C=O) groups is 1. The molecule has 1 aromatic rings. The highest BCUT2D eigenvalue weighted by molar-refractivity contribution is 9.09. The first-order chi connectivity index (χ1) is 8.72. The minimum absolute atomic E-state index is 0.0827. The highest BCUT2D eigenvalue weighted by Gasteiger charge is 2.27. The Hall–Kier alpha value is -0.970. The first-order valence-electron chi connectivity index (χ1n) is 6.21. The molecule has 1 atom stereocenters. The molecule has 1 unspecified atom stereocenters. The maximum Gasteiger partial charge on any atom is 0.272 e. The number of hydrogen-bond acceptors (Lipinski definition) is 2. The van der Waals surface area contributed by atoms with Gasteiger partial charge in [0.15, 0.2) is 0 Å². The number of carbonyl (C=O) groups excluding carboxylic acids is 1. The van der Waals surface area contributed by atoms with Crippen LogP contribution < -0.4 is 0 Å². The molecule has 0 aromatic carbocycles. The third-order valence-corrected chi connectivity index (χ3v) is 3.73. The summed E-state index contributed by atoms with van der Waals surface area (Å²) < 4.78 is 12.8. The van der Waals surface area contributed by atoms with E-state index in [4.69, 9.17) is 0 Å². The first kappa shape index (κ1) is 13.5. The first-order valence-corrected chi connectivity index (χ1v) is 7.33. The number of nitrogens with zero attached hydrogens (tertiary/aromatic N) is 2. The second-order valence-electron chi connectivity index (χ2n) is 4.49. The van der Waals surface area contributed by atoms with Crippen LogP contribution in [0.15, 0.2) is 18.3 Å². The van der Waals surface area contributed by atoms with E-state index in [2.05, 4.69) is 20.9 Å². The maximum atomic E-state index is 12.8. The predicted molar refractivity (Wildman–Crippen MR) is 71.3 cm³/mol. The normalized spacial score (nSPS) is 19.9. The van der Waals surface area contributed by atoms with Gasteiger partial charge in [-0.2, -0.15) is 0 Å². The smallest absolute Gasteiger partial charge is 0.272 e. The Kier molecular flexibility index (Phi) is 4.69. The third-order valence-electron chi connectivity index (χ3n) is 3.28. The van der Waals surface area contributed by atoms with Gasteiger partial charge in [-0.05, 0) is 37.8 Å². The lowest BCUT2D eigenvalue weighted by Crippen LogP contribution is -2.44. The summed E-state index contributed by atoms with van der Waals surface area (Å²) in [5.41, 5.74) is 0.331. The third kappa shape index (κ3) is 3.07. The van der Waals surface area contributed by atoms with Crippen LogP contribution in [0.4, 0.5) is 4.39 Å². The molecule has 1 amide bonds. The highest BCUT2D eigenvalue weighted by Crippen LogP contribution is 2.22. The fourth-order valence-electron chi connectivity index (χ4n) is 2.34. The molecule has 1 aliphatic heterocycles. The number of likely N-dealkylation sites (tertiary alicyclic amines) is 1. The van der Waals surface area contributed by atoms with Crippen molar-refractivity contribution < 1.29 is 9.18 Å². The molecule has 3 nitrogen and oxygen atoms in total. The minimum atomic E-state index is -0.415. The molecular weight excluding hydrogens is 299 g/mol. The zero-order valence-electron chi connectivity index (χ0n) is 10.1. The van der Waals surface area contributed by atoms with Crippen LogP contribution in [0.3, 0.4) is 0 Å². The molecule has 0 aliphatic carbocycles. The van der Waals surface area contributed by atoms with Gasteiger partial charge < -0.3 is 4.90 Å². The van der Waals surface area contributed by atoms with Gasteiger partial charge in [-0.3, -0.25) is 4.79 Å². The molecule has 2 rings (SSSR count). The van der Waals surface area contributed by atoms with Crippen LogP contribution >= 0.6 is 15.9 Å². The van der Waals surface area contributed by atoms with Gasteiger partial charge in [0.25, 0.3) is 5.91 Å². The van der Waals surface area contributed by atoms with Crippen LogP contribution in [0.1, 0.15) is 36.2 Å². The van der Waals surface area contributed by atoms with Crippen molar-refractivity contribution in [1.82, 2.24) is 9.88 Å². The van der Waals surface area contributed by atoms with Crippen molar-refractivity contribution >= 4 is 21.8 Å². The Morgan fingerprint density at radius 3 is 3.00 bits per heavy atom. The van der Waals surface area contributed by atoms with Crippen LogP contribution in [0.25, 0.3) is 0 Å². The number of hydrogen-bond donors (Lipinski definition) is 0. The van der Waals surface area contributed by atoms with Gasteiger partial charge in [0.05, 0.1) is 6.20 Å². The fourth-order valence-corrected chi connectivity index (χ4v) is 2.87. The summed E-state index contributed by atoms with van der Waals surface area (Å²) in [5, 5.41) is 0.887. The van der Waals surface area contributed by atoms with Crippen molar-refractivity contribution in [2.24, 2.45) is 0 Å². The van der Waals surface area contributed by atoms with E-state index in [1.807, 2.05) is 4.90 Å². The summed E-state index contributed by atoms with van der Waals surface area (Å²) in [6.45, 7) is 0.773. The van der Waals surface area contributed by atoms with Crippen molar-refractivity contribution in [3.05, 3.63) is 29.8 Å². The molecular formula is C13H16BrFN2O. The van der Waals surface area contributed by atoms with E-state index in [1.165, 1.54) is 12.1 Å². The van der Waals surface area contributed by atoms with E-state index < -0.39 is 5.82 Å². The molecule has 0 N–H and O–H groups in total. The standard InChI is InChI=1S/C13H16BrFN2O/c14-7-6-11-3-1-2-8-17(11)13(18)12-5-4-10(15)9-16-12/h4-5,9,11H,1-3,6-8H2. The van der Waals surface area contributed by atoms with E-state index in [9.17, 15) is 9.18 Å². The van der Waals surface area contributed by atoms with E-state index >= 15 is 0 Å². The van der Waals surface area contributed by atoms with E-state index in [0.717, 1.165) is 43.8 Å². The molecule has 18 heavy (non-hydrogen) atoms. The van der Waals surface area contributed by atoms with Crippen LogP contribution in [0.2, 0.25) is 0 Å². The van der Waals surface area contributed by atoms with Crippen LogP contribution in [0, 0.1) is 5.82 Å². The molecule has 1 saturated heterocycles. The van der Waals surface area contributed by atoms with Gasteiger partial charge in [-0.25, -0.2) is 9.37 Å². The number of alkyl halides is 1. The van der Waals surface area contributed by atoms with Crippen LogP contribution in [-0.2, 0) is 0 Å². The minimum Gasteiger partial charge on any atom is -0.334 e. The van der Waals surface area contributed by atoms with Crippen LogP contribution in [-0.4, -0.2) is 33.7 Å². The molecule has 0 bridgehead atoms. The van der Waals surface area contributed by atoms with Crippen molar-refractivity contribution in [2.45, 2.75) is 31.7 Å². The molecule has 2 heterocycles. The lowest BCUT2D eigenvalue weighted by atomic mass is 9.99. The van der Waals surface area contributed by atoms with Crippen LogP contribution in [0.5, 0.6) is 0 Å². The summed E-state index contributed by atoms with van der Waals surface area (Å²) in [6.07, 6.45) is 5.28. The predicted octanol–water partition coefficient (Wildman–Crippen LogP) is 3.00. The van der Waals surface area contributed by atoms with Gasteiger partial charge in [-0.1, -0.05) is 15.9 Å². The second kappa shape index (κ2) is 6.27. The van der Waals surface area contributed by atoms with Gasteiger partial charge in [0.2, 0.25) is 0 Å². The average molecular weight is 315 g/mol. The highest BCUT2D eigenvalue weighted by atomic mass is 79.9. The maximum absolute atomic E-state index is 12.8. The van der Waals surface area contributed by atoms with Crippen molar-refractivity contribution in [3.8, 4) is 0 Å². The van der Waals surface area contributed by atoms with Gasteiger partial charge in [0.1, 0.15) is 11.5 Å². The van der Waals surface area contributed by atoms with Crippen molar-refractivity contribution in [3.63, 3.8) is 0 Å². The Labute approximate surface area is 115 Å². The molecule has 0 radical (unpaired) electrons. The number of amides is 1. The molecule has 98 valence electrons. The SMILES string of the molecule is O=C(c1ccc(F)cn1)N1CCCCC1CCBr. The quantitative estimate of drug-likeness (QED) is 0.804. The summed E-state index contributed by atoms with van der Waals surface area (Å²) in [6, 6.07) is 3.01. The Morgan fingerprint density at radius 2 is 2.33 bits per heavy atom. The van der Waals surface area contributed by atoms with Gasteiger partial charge in [-0.15, -0.1) is 0 Å². The summed E-state index contributed by atoms with van der Waals surface area (Å²) in [7, 11) is 0. The second-order valence-corrected chi connectivity index (χ2v) is 5.28. The molecule has 1 aromatic heterocycles. The molecule has 0 saturated carbocycles. The lowest BCUT2D eigenvalue weighted by Gasteiger charge is -2.35. The molecule has 0 spiro atoms. The number of halogens is 2. The number of pyridine rings is 1. The van der Waals surface area contributed by atoms with Crippen molar-refractivity contribution in [1.29, 1.82) is 0 Å². The number of rotatable bonds is 3. The van der Waals surface area contributed by atoms with E-state index in [-0.39, 0.29) is 11.9 Å². The Morgan fingerprint density at radius 1 is 1.50 bits per heavy atom. The molecule has 1 fully saturated rings. The number of aromatic nitrogens is 1. The summed E-state index contributed by atoms with van der Waals surface area (Å²) in [4.78, 5) is 18.1. The van der Waals surface area contributed by atoms with E-state index in [1.54, 1.807) is 0 Å². The molecule has 1 aliphatic rings. The van der Waals surface area contributed by atoms with Crippen molar-refractivity contribution in [2.75, 3.05) is 11.9 Å². The van der Waals surface area contributed by atoms with E-state index in [0.29, 0.717) is 5.69 Å². The largest absolute Gasteiger partial charge is 0.334 e. The topological polar surface area (TPSA) is 33.2 Å². The zero-order chi connectivity index (χ0) is 13.0. The zero-order valence-corrected chi connectivity index (χ0v) is 11.7. The average Bonchev–Trinajstić information content (AvgIpc) is 2.40. The monoisotopic (exact) mass is 314 g/mol. The fraction of sp³-hybridized carbons (Fsp3) is 0.538. The Balaban J connectivity index is 2.12. The Bertz CT molecular complexity index is 408. The summed E-state index contributed by atoms with van der Waals surface area (Å²) >= 11 is 3.42. The number of piperidine rings is 1. The van der Waals surface area contributed by atoms with Gasteiger partial charge >= 0.3 is 0 Å². The molecule has 5 heteroatoms.